The van der Waals surface area contributed by atoms with Crippen LogP contribution in [0.3, 0.4) is 0 Å². The molecule has 0 bridgehead atoms. The highest BCUT2D eigenvalue weighted by molar-refractivity contribution is 7.90. The molecular formula is C11H18ClN3O4S. The largest absolute Gasteiger partial charge is 0.492 e. The molecule has 4 N–H and O–H groups in total. The molecule has 0 atom stereocenters. The zero-order valence-corrected chi connectivity index (χ0v) is 12.6. The molecule has 0 saturated heterocycles. The minimum absolute atomic E-state index is 0. The van der Waals surface area contributed by atoms with Crippen molar-refractivity contribution in [3.8, 4) is 5.75 Å². The number of benzene rings is 1. The fourth-order valence-corrected chi connectivity index (χ4v) is 1.81. The van der Waals surface area contributed by atoms with Gasteiger partial charge in [-0.15, -0.1) is 12.4 Å². The van der Waals surface area contributed by atoms with E-state index in [0.29, 0.717) is 24.6 Å². The molecule has 0 aliphatic carbocycles. The number of anilines is 1. The van der Waals surface area contributed by atoms with Crippen molar-refractivity contribution in [3.05, 3.63) is 24.3 Å². The molecule has 0 heterocycles. The lowest BCUT2D eigenvalue weighted by Crippen LogP contribution is -2.30. The first-order chi connectivity index (χ1) is 8.96. The monoisotopic (exact) mass is 323 g/mol. The van der Waals surface area contributed by atoms with Gasteiger partial charge in [-0.25, -0.2) is 13.1 Å². The smallest absolute Gasteiger partial charge is 0.240 e. The van der Waals surface area contributed by atoms with Gasteiger partial charge in [-0.3, -0.25) is 4.79 Å². The van der Waals surface area contributed by atoms with Crippen LogP contribution in [0.2, 0.25) is 0 Å². The lowest BCUT2D eigenvalue weighted by molar-refractivity contribution is -0.113. The van der Waals surface area contributed by atoms with E-state index >= 15 is 0 Å². The van der Waals surface area contributed by atoms with Crippen molar-refractivity contribution < 1.29 is 17.9 Å². The molecule has 9 heteroatoms. The van der Waals surface area contributed by atoms with Gasteiger partial charge < -0.3 is 15.8 Å². The molecule has 7 nitrogen and oxygen atoms in total. The highest BCUT2D eigenvalue weighted by atomic mass is 35.5. The standard InChI is InChI=1S/C11H17N3O4S.ClH/c1-13-19(16,17)8-11(15)14-9-2-4-10(5-3-9)18-7-6-12;/h2-5,13H,6-8,12H2,1H3,(H,14,15);1H. The van der Waals surface area contributed by atoms with Gasteiger partial charge in [0.15, 0.2) is 0 Å². The van der Waals surface area contributed by atoms with Gasteiger partial charge in [0.25, 0.3) is 0 Å². The molecule has 0 aliphatic rings. The van der Waals surface area contributed by atoms with E-state index in [4.69, 9.17) is 10.5 Å². The number of halogens is 1. The number of ether oxygens (including phenoxy) is 1. The van der Waals surface area contributed by atoms with E-state index < -0.39 is 21.7 Å². The molecule has 0 fully saturated rings. The number of sulfonamides is 1. The minimum Gasteiger partial charge on any atom is -0.492 e. The number of hydrogen-bond donors (Lipinski definition) is 3. The van der Waals surface area contributed by atoms with E-state index in [9.17, 15) is 13.2 Å². The van der Waals surface area contributed by atoms with Crippen LogP contribution < -0.4 is 20.5 Å². The molecule has 0 radical (unpaired) electrons. The first-order valence-corrected chi connectivity index (χ1v) is 7.26. The molecule has 1 rings (SSSR count). The van der Waals surface area contributed by atoms with Crippen LogP contribution in [0.25, 0.3) is 0 Å². The summed E-state index contributed by atoms with van der Waals surface area (Å²) in [6, 6.07) is 6.57. The van der Waals surface area contributed by atoms with E-state index in [-0.39, 0.29) is 12.4 Å². The highest BCUT2D eigenvalue weighted by Crippen LogP contribution is 2.15. The average Bonchev–Trinajstić information content (AvgIpc) is 2.37. The lowest BCUT2D eigenvalue weighted by Gasteiger charge is -2.07. The van der Waals surface area contributed by atoms with E-state index in [1.807, 2.05) is 0 Å². The summed E-state index contributed by atoms with van der Waals surface area (Å²) in [5.74, 6) is -0.592. The van der Waals surface area contributed by atoms with Gasteiger partial charge in [0.05, 0.1) is 0 Å². The number of hydrogen-bond acceptors (Lipinski definition) is 5. The van der Waals surface area contributed by atoms with E-state index in [1.54, 1.807) is 24.3 Å². The molecule has 0 saturated carbocycles. The molecule has 20 heavy (non-hydrogen) atoms. The molecule has 1 aromatic carbocycles. The third-order valence-electron chi connectivity index (χ3n) is 2.16. The number of carbonyl (C=O) groups is 1. The van der Waals surface area contributed by atoms with Crippen LogP contribution in [0.4, 0.5) is 5.69 Å². The number of carbonyl (C=O) groups excluding carboxylic acids is 1. The van der Waals surface area contributed by atoms with Gasteiger partial charge >= 0.3 is 0 Å². The van der Waals surface area contributed by atoms with Crippen LogP contribution >= 0.6 is 12.4 Å². The Kier molecular flexibility index (Phi) is 8.16. The van der Waals surface area contributed by atoms with Gasteiger partial charge in [0.1, 0.15) is 18.1 Å². The normalized spacial score (nSPS) is 10.5. The summed E-state index contributed by atoms with van der Waals surface area (Å²) in [6.45, 7) is 0.826. The van der Waals surface area contributed by atoms with Gasteiger partial charge in [-0.1, -0.05) is 0 Å². The van der Waals surface area contributed by atoms with Crippen LogP contribution in [0.15, 0.2) is 24.3 Å². The van der Waals surface area contributed by atoms with Crippen LogP contribution in [0, 0.1) is 0 Å². The first kappa shape index (κ1) is 18.7. The summed E-state index contributed by atoms with van der Waals surface area (Å²) in [7, 11) is -2.30. The Hall–Kier alpha value is -1.35. The molecule has 1 amide bonds. The number of rotatable bonds is 7. The second-order valence-corrected chi connectivity index (χ2v) is 5.60. The summed E-state index contributed by atoms with van der Waals surface area (Å²) in [5.41, 5.74) is 5.80. The maximum atomic E-state index is 11.5. The molecule has 0 aromatic heterocycles. The van der Waals surface area contributed by atoms with Crippen molar-refractivity contribution in [1.29, 1.82) is 0 Å². The molecule has 0 aliphatic heterocycles. The number of nitrogens with two attached hydrogens (primary N) is 1. The van der Waals surface area contributed by atoms with Crippen LogP contribution in [-0.4, -0.2) is 40.3 Å². The fourth-order valence-electron chi connectivity index (χ4n) is 1.25. The van der Waals surface area contributed by atoms with E-state index in [2.05, 4.69) is 10.0 Å². The van der Waals surface area contributed by atoms with Crippen molar-refractivity contribution in [1.82, 2.24) is 4.72 Å². The third-order valence-corrected chi connectivity index (χ3v) is 3.42. The molecule has 114 valence electrons. The van der Waals surface area contributed by atoms with Crippen LogP contribution in [-0.2, 0) is 14.8 Å². The van der Waals surface area contributed by atoms with Gasteiger partial charge in [0.2, 0.25) is 15.9 Å². The van der Waals surface area contributed by atoms with Crippen molar-refractivity contribution in [2.45, 2.75) is 0 Å². The Morgan fingerprint density at radius 2 is 1.90 bits per heavy atom. The number of nitrogens with one attached hydrogen (secondary N) is 2. The SMILES string of the molecule is CNS(=O)(=O)CC(=O)Nc1ccc(OCCN)cc1.Cl. The predicted octanol–water partition coefficient (Wildman–Crippen LogP) is -0.0664. The van der Waals surface area contributed by atoms with Crippen LogP contribution in [0.5, 0.6) is 5.75 Å². The van der Waals surface area contributed by atoms with Crippen molar-refractivity contribution in [3.63, 3.8) is 0 Å². The summed E-state index contributed by atoms with van der Waals surface area (Å²) < 4.78 is 29.7. The molecule has 0 spiro atoms. The van der Waals surface area contributed by atoms with Gasteiger partial charge in [-0.2, -0.15) is 0 Å². The molecular weight excluding hydrogens is 306 g/mol. The summed E-state index contributed by atoms with van der Waals surface area (Å²) in [4.78, 5) is 11.5. The zero-order chi connectivity index (χ0) is 14.3. The number of amides is 1. The second-order valence-electron chi connectivity index (χ2n) is 3.67. The Bertz CT molecular complexity index is 519. The predicted molar refractivity (Wildman–Crippen MR) is 79.7 cm³/mol. The summed E-state index contributed by atoms with van der Waals surface area (Å²) >= 11 is 0. The Labute approximate surface area is 124 Å². The zero-order valence-electron chi connectivity index (χ0n) is 11.0. The quantitative estimate of drug-likeness (QED) is 0.650. The second kappa shape index (κ2) is 8.75. The third kappa shape index (κ3) is 6.71. The Balaban J connectivity index is 0.00000361. The fraction of sp³-hybridized carbons (Fsp3) is 0.364. The van der Waals surface area contributed by atoms with Gasteiger partial charge in [-0.05, 0) is 31.3 Å². The summed E-state index contributed by atoms with van der Waals surface area (Å²) in [5, 5.41) is 2.48. The Morgan fingerprint density at radius 3 is 2.40 bits per heavy atom. The topological polar surface area (TPSA) is 111 Å². The van der Waals surface area contributed by atoms with Crippen LogP contribution in [0.1, 0.15) is 0 Å². The van der Waals surface area contributed by atoms with Crippen molar-refractivity contribution in [2.75, 3.05) is 31.3 Å². The van der Waals surface area contributed by atoms with E-state index in [0.717, 1.165) is 0 Å². The maximum absolute atomic E-state index is 11.5. The van der Waals surface area contributed by atoms with Crippen molar-refractivity contribution in [2.24, 2.45) is 5.73 Å². The maximum Gasteiger partial charge on any atom is 0.240 e. The molecule has 0 unspecified atom stereocenters. The highest BCUT2D eigenvalue weighted by Gasteiger charge is 2.14. The lowest BCUT2D eigenvalue weighted by atomic mass is 10.3. The summed E-state index contributed by atoms with van der Waals surface area (Å²) in [6.07, 6.45) is 0. The van der Waals surface area contributed by atoms with E-state index in [1.165, 1.54) is 7.05 Å². The van der Waals surface area contributed by atoms with Crippen molar-refractivity contribution >= 4 is 34.0 Å². The minimum atomic E-state index is -3.56. The first-order valence-electron chi connectivity index (χ1n) is 5.61. The molecule has 1 aromatic rings. The Morgan fingerprint density at radius 1 is 1.30 bits per heavy atom. The van der Waals surface area contributed by atoms with Gasteiger partial charge in [0, 0.05) is 12.2 Å². The average molecular weight is 324 g/mol.